The highest BCUT2D eigenvalue weighted by Crippen LogP contribution is 2.23. The summed E-state index contributed by atoms with van der Waals surface area (Å²) in [6.07, 6.45) is 3.94. The molecule has 0 aliphatic carbocycles. The Labute approximate surface area is 137 Å². The molecule has 23 heavy (non-hydrogen) atoms. The SMILES string of the molecule is O=C(O)CCOc1cccc(/C=C\c2nc3ccccc3s2)c1. The van der Waals surface area contributed by atoms with E-state index in [9.17, 15) is 4.79 Å². The molecule has 0 atom stereocenters. The van der Waals surface area contributed by atoms with Crippen molar-refractivity contribution in [1.29, 1.82) is 0 Å². The van der Waals surface area contributed by atoms with Crippen molar-refractivity contribution in [1.82, 2.24) is 4.98 Å². The lowest BCUT2D eigenvalue weighted by atomic mass is 10.2. The fourth-order valence-corrected chi connectivity index (χ4v) is 2.96. The monoisotopic (exact) mass is 325 g/mol. The first-order valence-electron chi connectivity index (χ1n) is 7.19. The van der Waals surface area contributed by atoms with Crippen LogP contribution >= 0.6 is 11.3 Å². The highest BCUT2D eigenvalue weighted by Gasteiger charge is 2.01. The molecule has 0 saturated heterocycles. The van der Waals surface area contributed by atoms with Crippen LogP contribution in [0.5, 0.6) is 5.75 Å². The fourth-order valence-electron chi connectivity index (χ4n) is 2.09. The van der Waals surface area contributed by atoms with Crippen LogP contribution in [0.25, 0.3) is 22.4 Å². The minimum Gasteiger partial charge on any atom is -0.493 e. The molecule has 0 aliphatic rings. The van der Waals surface area contributed by atoms with E-state index in [4.69, 9.17) is 9.84 Å². The number of para-hydroxylation sites is 1. The average Bonchev–Trinajstić information content (AvgIpc) is 2.96. The van der Waals surface area contributed by atoms with Gasteiger partial charge in [0.15, 0.2) is 0 Å². The van der Waals surface area contributed by atoms with E-state index in [0.29, 0.717) is 5.75 Å². The maximum atomic E-state index is 10.5. The van der Waals surface area contributed by atoms with Crippen LogP contribution in [0.3, 0.4) is 0 Å². The van der Waals surface area contributed by atoms with Crippen molar-refractivity contribution >= 4 is 39.7 Å². The van der Waals surface area contributed by atoms with Crippen LogP contribution < -0.4 is 4.74 Å². The van der Waals surface area contributed by atoms with E-state index >= 15 is 0 Å². The van der Waals surface area contributed by atoms with E-state index in [1.807, 2.05) is 54.6 Å². The Morgan fingerprint density at radius 2 is 2.04 bits per heavy atom. The van der Waals surface area contributed by atoms with E-state index in [1.54, 1.807) is 11.3 Å². The Morgan fingerprint density at radius 3 is 2.87 bits per heavy atom. The number of hydrogen-bond acceptors (Lipinski definition) is 4. The number of carboxylic acids is 1. The van der Waals surface area contributed by atoms with Gasteiger partial charge in [-0.25, -0.2) is 4.98 Å². The fraction of sp³-hybridized carbons (Fsp3) is 0.111. The van der Waals surface area contributed by atoms with Gasteiger partial charge in [0, 0.05) is 0 Å². The smallest absolute Gasteiger partial charge is 0.306 e. The molecule has 1 aromatic heterocycles. The molecule has 5 heteroatoms. The molecule has 3 rings (SSSR count). The Balaban J connectivity index is 1.70. The topological polar surface area (TPSA) is 59.4 Å². The molecule has 116 valence electrons. The second-order valence-electron chi connectivity index (χ2n) is 4.92. The Morgan fingerprint density at radius 1 is 1.17 bits per heavy atom. The van der Waals surface area contributed by atoms with Crippen molar-refractivity contribution in [2.75, 3.05) is 6.61 Å². The standard InChI is InChI=1S/C18H15NO3S/c20-18(21)10-11-22-14-5-3-4-13(12-14)8-9-17-19-15-6-1-2-7-16(15)23-17/h1-9,12H,10-11H2,(H,20,21)/b9-8-. The quantitative estimate of drug-likeness (QED) is 0.733. The van der Waals surface area contributed by atoms with Crippen LogP contribution in [0, 0.1) is 0 Å². The largest absolute Gasteiger partial charge is 0.493 e. The molecule has 3 aromatic rings. The lowest BCUT2D eigenvalue weighted by Gasteiger charge is -2.04. The predicted octanol–water partition coefficient (Wildman–Crippen LogP) is 4.32. The minimum absolute atomic E-state index is 0.00816. The summed E-state index contributed by atoms with van der Waals surface area (Å²) in [5.41, 5.74) is 1.99. The van der Waals surface area contributed by atoms with Gasteiger partial charge in [0.1, 0.15) is 10.8 Å². The van der Waals surface area contributed by atoms with Crippen LogP contribution in [0.15, 0.2) is 48.5 Å². The third-order valence-electron chi connectivity index (χ3n) is 3.17. The summed E-state index contributed by atoms with van der Waals surface area (Å²) in [7, 11) is 0. The summed E-state index contributed by atoms with van der Waals surface area (Å²) in [6.45, 7) is 0.167. The number of carboxylic acid groups (broad SMARTS) is 1. The molecule has 4 nitrogen and oxygen atoms in total. The van der Waals surface area contributed by atoms with Gasteiger partial charge in [-0.3, -0.25) is 4.79 Å². The number of aliphatic carboxylic acids is 1. The molecule has 0 unspecified atom stereocenters. The number of thiazole rings is 1. The Kier molecular flexibility index (Phi) is 4.68. The van der Waals surface area contributed by atoms with Crippen molar-refractivity contribution in [2.45, 2.75) is 6.42 Å². The molecule has 0 radical (unpaired) electrons. The van der Waals surface area contributed by atoms with Crippen molar-refractivity contribution in [3.8, 4) is 5.75 Å². The number of nitrogens with zero attached hydrogens (tertiary/aromatic N) is 1. The summed E-state index contributed by atoms with van der Waals surface area (Å²) in [6, 6.07) is 15.6. The van der Waals surface area contributed by atoms with Crippen LogP contribution in [0.2, 0.25) is 0 Å². The molecule has 0 bridgehead atoms. The first-order valence-corrected chi connectivity index (χ1v) is 8.01. The highest BCUT2D eigenvalue weighted by molar-refractivity contribution is 7.19. The van der Waals surface area contributed by atoms with Crippen LogP contribution in [0.1, 0.15) is 17.0 Å². The van der Waals surface area contributed by atoms with Gasteiger partial charge in [0.25, 0.3) is 0 Å². The van der Waals surface area contributed by atoms with Crippen molar-refractivity contribution < 1.29 is 14.6 Å². The van der Waals surface area contributed by atoms with Gasteiger partial charge in [-0.1, -0.05) is 30.3 Å². The number of aromatic nitrogens is 1. The molecule has 1 N–H and O–H groups in total. The maximum Gasteiger partial charge on any atom is 0.306 e. The normalized spacial score (nSPS) is 11.1. The second-order valence-corrected chi connectivity index (χ2v) is 5.98. The maximum absolute atomic E-state index is 10.5. The van der Waals surface area contributed by atoms with Crippen molar-refractivity contribution in [3.63, 3.8) is 0 Å². The molecule has 0 fully saturated rings. The molecule has 0 spiro atoms. The summed E-state index contributed by atoms with van der Waals surface area (Å²) < 4.78 is 6.59. The minimum atomic E-state index is -0.864. The summed E-state index contributed by atoms with van der Waals surface area (Å²) in [5.74, 6) is -0.199. The van der Waals surface area contributed by atoms with Gasteiger partial charge in [-0.15, -0.1) is 11.3 Å². The molecule has 0 aliphatic heterocycles. The van der Waals surface area contributed by atoms with Crippen LogP contribution in [-0.4, -0.2) is 22.7 Å². The molecule has 0 saturated carbocycles. The lowest BCUT2D eigenvalue weighted by molar-refractivity contribution is -0.137. The van der Waals surface area contributed by atoms with E-state index < -0.39 is 5.97 Å². The van der Waals surface area contributed by atoms with Gasteiger partial charge in [-0.2, -0.15) is 0 Å². The zero-order chi connectivity index (χ0) is 16.1. The first kappa shape index (κ1) is 15.2. The van der Waals surface area contributed by atoms with E-state index in [2.05, 4.69) is 11.1 Å². The molecule has 0 amide bonds. The third kappa shape index (κ3) is 4.17. The molecular formula is C18H15NO3S. The molecule has 2 aromatic carbocycles. The zero-order valence-electron chi connectivity index (χ0n) is 12.3. The van der Waals surface area contributed by atoms with Gasteiger partial charge < -0.3 is 9.84 Å². The van der Waals surface area contributed by atoms with E-state index in [-0.39, 0.29) is 13.0 Å². The number of carbonyl (C=O) groups is 1. The second kappa shape index (κ2) is 7.07. The number of benzene rings is 2. The van der Waals surface area contributed by atoms with Gasteiger partial charge in [0.05, 0.1) is 23.2 Å². The zero-order valence-corrected chi connectivity index (χ0v) is 13.1. The van der Waals surface area contributed by atoms with Gasteiger partial charge in [-0.05, 0) is 35.9 Å². The van der Waals surface area contributed by atoms with Crippen molar-refractivity contribution in [3.05, 3.63) is 59.1 Å². The Bertz CT molecular complexity index is 821. The average molecular weight is 325 g/mol. The Hall–Kier alpha value is -2.66. The van der Waals surface area contributed by atoms with E-state index in [0.717, 1.165) is 20.8 Å². The van der Waals surface area contributed by atoms with Crippen LogP contribution in [-0.2, 0) is 4.79 Å². The number of rotatable bonds is 6. The molecular weight excluding hydrogens is 310 g/mol. The lowest BCUT2D eigenvalue weighted by Crippen LogP contribution is -2.04. The highest BCUT2D eigenvalue weighted by atomic mass is 32.1. The number of hydrogen-bond donors (Lipinski definition) is 1. The molecule has 1 heterocycles. The third-order valence-corrected chi connectivity index (χ3v) is 4.17. The van der Waals surface area contributed by atoms with E-state index in [1.165, 1.54) is 0 Å². The summed E-state index contributed by atoms with van der Waals surface area (Å²) in [5, 5.41) is 9.57. The summed E-state index contributed by atoms with van der Waals surface area (Å²) in [4.78, 5) is 15.0. The number of fused-ring (bicyclic) bond motifs is 1. The van der Waals surface area contributed by atoms with Gasteiger partial charge in [0.2, 0.25) is 0 Å². The van der Waals surface area contributed by atoms with Crippen LogP contribution in [0.4, 0.5) is 0 Å². The van der Waals surface area contributed by atoms with Crippen molar-refractivity contribution in [2.24, 2.45) is 0 Å². The predicted molar refractivity (Wildman–Crippen MR) is 92.7 cm³/mol. The number of ether oxygens (including phenoxy) is 1. The first-order chi connectivity index (χ1) is 11.2. The summed E-state index contributed by atoms with van der Waals surface area (Å²) >= 11 is 1.64. The van der Waals surface area contributed by atoms with Gasteiger partial charge >= 0.3 is 5.97 Å².